The molecule has 1 aliphatic carbocycles. The Kier molecular flexibility index (Phi) is 5.33. The molecule has 7 heteroatoms. The van der Waals surface area contributed by atoms with Gasteiger partial charge in [0.15, 0.2) is 0 Å². The minimum Gasteiger partial charge on any atom is -0.467 e. The first-order chi connectivity index (χ1) is 13.6. The van der Waals surface area contributed by atoms with Crippen LogP contribution in [0.3, 0.4) is 0 Å². The van der Waals surface area contributed by atoms with Crippen molar-refractivity contribution in [3.8, 4) is 0 Å². The number of nitrogens with zero attached hydrogens (tertiary/aromatic N) is 3. The topological polar surface area (TPSA) is 79.8 Å². The van der Waals surface area contributed by atoms with Crippen LogP contribution in [0.1, 0.15) is 44.2 Å². The summed E-state index contributed by atoms with van der Waals surface area (Å²) in [5.41, 5.74) is 0.810. The Labute approximate surface area is 165 Å². The summed E-state index contributed by atoms with van der Waals surface area (Å²) >= 11 is 0. The van der Waals surface area contributed by atoms with Crippen LogP contribution in [0.15, 0.2) is 24.4 Å². The third-order valence-corrected chi connectivity index (χ3v) is 6.46. The van der Waals surface area contributed by atoms with Crippen molar-refractivity contribution in [3.05, 3.63) is 30.1 Å². The van der Waals surface area contributed by atoms with Crippen LogP contribution in [0.5, 0.6) is 0 Å². The van der Waals surface area contributed by atoms with Crippen LogP contribution in [0.25, 0.3) is 0 Å². The Morgan fingerprint density at radius 3 is 2.82 bits per heavy atom. The molecule has 1 aromatic rings. The van der Waals surface area contributed by atoms with E-state index in [1.54, 1.807) is 16.0 Å². The van der Waals surface area contributed by atoms with Crippen molar-refractivity contribution in [1.29, 1.82) is 0 Å². The molecule has 0 aromatic carbocycles. The highest BCUT2D eigenvalue weighted by Gasteiger charge is 2.50. The van der Waals surface area contributed by atoms with Crippen molar-refractivity contribution >= 4 is 17.8 Å². The van der Waals surface area contributed by atoms with Crippen LogP contribution >= 0.6 is 0 Å². The molecule has 0 radical (unpaired) electrons. The van der Waals surface area contributed by atoms with E-state index in [1.807, 2.05) is 18.2 Å². The number of hydrogen-bond donors (Lipinski definition) is 0. The zero-order valence-corrected chi connectivity index (χ0v) is 16.3. The molecule has 7 nitrogen and oxygen atoms in total. The first kappa shape index (κ1) is 18.9. The Morgan fingerprint density at radius 1 is 1.25 bits per heavy atom. The van der Waals surface area contributed by atoms with E-state index in [4.69, 9.17) is 4.74 Å². The van der Waals surface area contributed by atoms with Gasteiger partial charge in [0, 0.05) is 25.2 Å². The van der Waals surface area contributed by atoms with Crippen molar-refractivity contribution in [2.45, 2.75) is 57.2 Å². The van der Waals surface area contributed by atoms with Crippen molar-refractivity contribution in [2.24, 2.45) is 11.8 Å². The molecule has 1 aromatic heterocycles. The van der Waals surface area contributed by atoms with Gasteiger partial charge in [0.05, 0.1) is 25.3 Å². The third kappa shape index (κ3) is 3.50. The van der Waals surface area contributed by atoms with Crippen molar-refractivity contribution < 1.29 is 19.1 Å². The molecule has 4 rings (SSSR count). The van der Waals surface area contributed by atoms with Gasteiger partial charge in [-0.15, -0.1) is 0 Å². The highest BCUT2D eigenvalue weighted by atomic mass is 16.5. The molecular formula is C21H27N3O4. The quantitative estimate of drug-likeness (QED) is 0.738. The van der Waals surface area contributed by atoms with Crippen LogP contribution in [-0.2, 0) is 25.7 Å². The number of aromatic nitrogens is 1. The number of fused-ring (bicyclic) bond motifs is 1. The summed E-state index contributed by atoms with van der Waals surface area (Å²) in [4.78, 5) is 46.0. The highest BCUT2D eigenvalue weighted by molar-refractivity contribution is 5.92. The maximum atomic E-state index is 13.4. The molecule has 0 bridgehead atoms. The minimum absolute atomic E-state index is 0.0296. The third-order valence-electron chi connectivity index (χ3n) is 6.46. The normalized spacial score (nSPS) is 29.7. The molecule has 3 heterocycles. The Morgan fingerprint density at radius 2 is 2.07 bits per heavy atom. The summed E-state index contributed by atoms with van der Waals surface area (Å²) < 4.78 is 4.99. The van der Waals surface area contributed by atoms with Gasteiger partial charge < -0.3 is 14.5 Å². The second-order valence-corrected chi connectivity index (χ2v) is 8.13. The maximum absolute atomic E-state index is 13.4. The lowest BCUT2D eigenvalue weighted by molar-refractivity contribution is -0.154. The summed E-state index contributed by atoms with van der Waals surface area (Å²) in [6.45, 7) is 0.798. The molecule has 2 saturated heterocycles. The fraction of sp³-hybridized carbons (Fsp3) is 0.619. The first-order valence-electron chi connectivity index (χ1n) is 10.2. The molecule has 4 unspecified atom stereocenters. The van der Waals surface area contributed by atoms with E-state index in [1.165, 1.54) is 7.11 Å². The Balaban J connectivity index is 1.49. The SMILES string of the molecule is COC(=O)C1CC2CCCCC2N1C(=O)C1CC(=O)N(Cc2ccccn2)C1. The van der Waals surface area contributed by atoms with E-state index >= 15 is 0 Å². The lowest BCUT2D eigenvalue weighted by atomic mass is 9.84. The number of rotatable bonds is 4. The molecule has 4 atom stereocenters. The molecular weight excluding hydrogens is 358 g/mol. The molecule has 1 saturated carbocycles. The molecule has 2 aliphatic heterocycles. The number of esters is 1. The summed E-state index contributed by atoms with van der Waals surface area (Å²) in [6, 6.07) is 5.20. The molecule has 3 aliphatic rings. The zero-order chi connectivity index (χ0) is 19.7. The number of amides is 2. The van der Waals surface area contributed by atoms with Crippen LogP contribution in [0.4, 0.5) is 0 Å². The van der Waals surface area contributed by atoms with E-state index in [-0.39, 0.29) is 30.2 Å². The zero-order valence-electron chi connectivity index (χ0n) is 16.3. The predicted molar refractivity (Wildman–Crippen MR) is 101 cm³/mol. The summed E-state index contributed by atoms with van der Waals surface area (Å²) in [7, 11) is 1.38. The molecule has 0 N–H and O–H groups in total. The predicted octanol–water partition coefficient (Wildman–Crippen LogP) is 1.76. The largest absolute Gasteiger partial charge is 0.467 e. The summed E-state index contributed by atoms with van der Waals surface area (Å²) in [5, 5.41) is 0. The fourth-order valence-electron chi connectivity index (χ4n) is 5.11. The van der Waals surface area contributed by atoms with Gasteiger partial charge in [0.25, 0.3) is 0 Å². The number of methoxy groups -OCH3 is 1. The second-order valence-electron chi connectivity index (χ2n) is 8.13. The maximum Gasteiger partial charge on any atom is 0.328 e. The van der Waals surface area contributed by atoms with Crippen LogP contribution in [0, 0.1) is 11.8 Å². The summed E-state index contributed by atoms with van der Waals surface area (Å²) in [6.07, 6.45) is 6.80. The average molecular weight is 385 g/mol. The number of pyridine rings is 1. The van der Waals surface area contributed by atoms with Gasteiger partial charge in [-0.05, 0) is 37.3 Å². The average Bonchev–Trinajstić information content (AvgIpc) is 3.28. The molecule has 28 heavy (non-hydrogen) atoms. The van der Waals surface area contributed by atoms with Crippen LogP contribution in [0.2, 0.25) is 0 Å². The van der Waals surface area contributed by atoms with Crippen LogP contribution < -0.4 is 0 Å². The van der Waals surface area contributed by atoms with E-state index in [9.17, 15) is 14.4 Å². The standard InChI is InChI=1S/C21H27N3O4/c1-28-21(27)18-10-14-6-2-3-8-17(14)24(18)20(26)15-11-19(25)23(12-15)13-16-7-4-5-9-22-16/h4-5,7,9,14-15,17-18H,2-3,6,8,10-13H2,1H3. The lowest BCUT2D eigenvalue weighted by Crippen LogP contribution is -2.49. The minimum atomic E-state index is -0.509. The van der Waals surface area contributed by atoms with Gasteiger partial charge in [-0.25, -0.2) is 4.79 Å². The van der Waals surface area contributed by atoms with Crippen LogP contribution in [-0.4, -0.2) is 58.3 Å². The van der Waals surface area contributed by atoms with Crippen molar-refractivity contribution in [3.63, 3.8) is 0 Å². The first-order valence-corrected chi connectivity index (χ1v) is 10.2. The van der Waals surface area contributed by atoms with Crippen molar-refractivity contribution in [2.75, 3.05) is 13.7 Å². The van der Waals surface area contributed by atoms with Gasteiger partial charge >= 0.3 is 5.97 Å². The van der Waals surface area contributed by atoms with E-state index in [0.29, 0.717) is 25.4 Å². The van der Waals surface area contributed by atoms with Gasteiger partial charge in [-0.2, -0.15) is 0 Å². The molecule has 0 spiro atoms. The number of ether oxygens (including phenoxy) is 1. The highest BCUT2D eigenvalue weighted by Crippen LogP contribution is 2.41. The number of carbonyl (C=O) groups is 3. The Hall–Kier alpha value is -2.44. The fourth-order valence-corrected chi connectivity index (χ4v) is 5.11. The van der Waals surface area contributed by atoms with Gasteiger partial charge in [0.2, 0.25) is 11.8 Å². The van der Waals surface area contributed by atoms with Gasteiger partial charge in [-0.3, -0.25) is 14.6 Å². The summed E-state index contributed by atoms with van der Waals surface area (Å²) in [5.74, 6) is -0.468. The van der Waals surface area contributed by atoms with Gasteiger partial charge in [-0.1, -0.05) is 18.9 Å². The van der Waals surface area contributed by atoms with E-state index in [0.717, 1.165) is 31.4 Å². The molecule has 2 amide bonds. The lowest BCUT2D eigenvalue weighted by Gasteiger charge is -2.34. The van der Waals surface area contributed by atoms with E-state index in [2.05, 4.69) is 4.98 Å². The van der Waals surface area contributed by atoms with Gasteiger partial charge in [0.1, 0.15) is 6.04 Å². The number of carbonyl (C=O) groups excluding carboxylic acids is 3. The smallest absolute Gasteiger partial charge is 0.328 e. The Bertz CT molecular complexity index is 753. The number of likely N-dealkylation sites (tertiary alicyclic amines) is 2. The number of hydrogen-bond acceptors (Lipinski definition) is 5. The molecule has 3 fully saturated rings. The van der Waals surface area contributed by atoms with Crippen molar-refractivity contribution in [1.82, 2.24) is 14.8 Å². The van der Waals surface area contributed by atoms with E-state index < -0.39 is 12.0 Å². The monoisotopic (exact) mass is 385 g/mol. The molecule has 150 valence electrons. The second kappa shape index (κ2) is 7.89.